The van der Waals surface area contributed by atoms with Gasteiger partial charge in [0.25, 0.3) is 0 Å². The van der Waals surface area contributed by atoms with Crippen molar-refractivity contribution in [3.8, 4) is 0 Å². The summed E-state index contributed by atoms with van der Waals surface area (Å²) in [5.74, 6) is 1.46. The van der Waals surface area contributed by atoms with Gasteiger partial charge in [-0.3, -0.25) is 4.79 Å². The summed E-state index contributed by atoms with van der Waals surface area (Å²) >= 11 is 0. The van der Waals surface area contributed by atoms with Gasteiger partial charge in [0.15, 0.2) is 0 Å². The molecule has 0 aromatic rings. The van der Waals surface area contributed by atoms with Crippen molar-refractivity contribution >= 4 is 5.97 Å². The van der Waals surface area contributed by atoms with Crippen LogP contribution in [0.3, 0.4) is 0 Å². The summed E-state index contributed by atoms with van der Waals surface area (Å²) < 4.78 is 4.99. The Kier molecular flexibility index (Phi) is 1.91. The summed E-state index contributed by atoms with van der Waals surface area (Å²) in [6, 6.07) is 0. The van der Waals surface area contributed by atoms with E-state index in [2.05, 4.69) is 12.2 Å². The Bertz CT molecular complexity index is 206. The standard InChI is InChI=1S/C10H14O2/c1-2-12-10(11)9-7-5-3-4-6-8(7)9/h3-4,7-9H,2,5-6H2,1H3/t7-,8+,9?. The number of rotatable bonds is 2. The smallest absolute Gasteiger partial charge is 0.309 e. The SMILES string of the molecule is CCOC(=O)C1[C@H]2CC=CC[C@@H]12. The van der Waals surface area contributed by atoms with Gasteiger partial charge in [0.1, 0.15) is 0 Å². The highest BCUT2D eigenvalue weighted by Crippen LogP contribution is 2.53. The van der Waals surface area contributed by atoms with Crippen LogP contribution >= 0.6 is 0 Å². The van der Waals surface area contributed by atoms with E-state index < -0.39 is 0 Å². The zero-order valence-corrected chi connectivity index (χ0v) is 7.32. The molecule has 0 aromatic heterocycles. The van der Waals surface area contributed by atoms with Crippen LogP contribution in [0.25, 0.3) is 0 Å². The molecule has 0 aliphatic heterocycles. The van der Waals surface area contributed by atoms with Crippen molar-refractivity contribution in [3.05, 3.63) is 12.2 Å². The number of esters is 1. The van der Waals surface area contributed by atoms with Crippen molar-refractivity contribution < 1.29 is 9.53 Å². The normalized spacial score (nSPS) is 37.2. The molecule has 0 heterocycles. The lowest BCUT2D eigenvalue weighted by Crippen LogP contribution is -2.08. The molecular formula is C10H14O2. The minimum absolute atomic E-state index is 0.0243. The third-order valence-electron chi connectivity index (χ3n) is 2.87. The third-order valence-corrected chi connectivity index (χ3v) is 2.87. The number of hydrogen-bond donors (Lipinski definition) is 0. The Morgan fingerprint density at radius 3 is 2.50 bits per heavy atom. The Morgan fingerprint density at radius 1 is 1.42 bits per heavy atom. The van der Waals surface area contributed by atoms with Crippen LogP contribution in [-0.2, 0) is 9.53 Å². The van der Waals surface area contributed by atoms with Gasteiger partial charge in [-0.2, -0.15) is 0 Å². The highest BCUT2D eigenvalue weighted by atomic mass is 16.5. The van der Waals surface area contributed by atoms with Gasteiger partial charge in [0.05, 0.1) is 12.5 Å². The van der Waals surface area contributed by atoms with Gasteiger partial charge < -0.3 is 4.74 Å². The second-order valence-corrected chi connectivity index (χ2v) is 3.55. The van der Waals surface area contributed by atoms with E-state index in [0.29, 0.717) is 18.4 Å². The predicted molar refractivity (Wildman–Crippen MR) is 45.5 cm³/mol. The van der Waals surface area contributed by atoms with E-state index in [1.165, 1.54) is 0 Å². The molecule has 1 unspecified atom stereocenters. The first-order valence-electron chi connectivity index (χ1n) is 4.66. The summed E-state index contributed by atoms with van der Waals surface area (Å²) in [6.45, 7) is 2.38. The first kappa shape index (κ1) is 7.84. The topological polar surface area (TPSA) is 26.3 Å². The van der Waals surface area contributed by atoms with Gasteiger partial charge >= 0.3 is 5.97 Å². The summed E-state index contributed by atoms with van der Waals surface area (Å²) in [4.78, 5) is 11.3. The predicted octanol–water partition coefficient (Wildman–Crippen LogP) is 1.76. The second kappa shape index (κ2) is 2.92. The minimum Gasteiger partial charge on any atom is -0.466 e. The van der Waals surface area contributed by atoms with Gasteiger partial charge in [0.2, 0.25) is 0 Å². The Hall–Kier alpha value is -0.790. The Balaban J connectivity index is 1.90. The molecule has 0 amide bonds. The maximum absolute atomic E-state index is 11.3. The molecule has 66 valence electrons. The van der Waals surface area contributed by atoms with Gasteiger partial charge in [-0.15, -0.1) is 0 Å². The van der Waals surface area contributed by atoms with E-state index in [1.54, 1.807) is 0 Å². The van der Waals surface area contributed by atoms with Crippen LogP contribution < -0.4 is 0 Å². The van der Waals surface area contributed by atoms with Crippen LogP contribution in [0, 0.1) is 17.8 Å². The summed E-state index contributed by atoms with van der Waals surface area (Å²) in [7, 11) is 0. The lowest BCUT2D eigenvalue weighted by molar-refractivity contribution is -0.145. The molecule has 2 heteroatoms. The van der Waals surface area contributed by atoms with Crippen LogP contribution in [0.4, 0.5) is 0 Å². The monoisotopic (exact) mass is 166 g/mol. The van der Waals surface area contributed by atoms with Crippen LogP contribution in [0.1, 0.15) is 19.8 Å². The third kappa shape index (κ3) is 1.15. The van der Waals surface area contributed by atoms with Gasteiger partial charge in [-0.1, -0.05) is 12.2 Å². The molecule has 3 atom stereocenters. The highest BCUT2D eigenvalue weighted by Gasteiger charge is 2.54. The molecule has 0 N–H and O–H groups in total. The van der Waals surface area contributed by atoms with E-state index in [4.69, 9.17) is 4.74 Å². The molecule has 1 fully saturated rings. The van der Waals surface area contributed by atoms with E-state index in [0.717, 1.165) is 12.8 Å². The van der Waals surface area contributed by atoms with Crippen molar-refractivity contribution in [1.82, 2.24) is 0 Å². The molecule has 0 radical (unpaired) electrons. The number of carbonyl (C=O) groups excluding carboxylic acids is 1. The zero-order chi connectivity index (χ0) is 8.55. The fourth-order valence-electron chi connectivity index (χ4n) is 2.18. The Morgan fingerprint density at radius 2 is 2.00 bits per heavy atom. The van der Waals surface area contributed by atoms with Crippen LogP contribution in [0.5, 0.6) is 0 Å². The number of hydrogen-bond acceptors (Lipinski definition) is 2. The van der Waals surface area contributed by atoms with Crippen molar-refractivity contribution in [3.63, 3.8) is 0 Å². The largest absolute Gasteiger partial charge is 0.466 e. The first-order chi connectivity index (χ1) is 5.84. The van der Waals surface area contributed by atoms with Crippen LogP contribution in [-0.4, -0.2) is 12.6 Å². The fraction of sp³-hybridized carbons (Fsp3) is 0.700. The van der Waals surface area contributed by atoms with E-state index in [1.807, 2.05) is 6.92 Å². The molecule has 0 saturated heterocycles. The zero-order valence-electron chi connectivity index (χ0n) is 7.32. The molecule has 2 aliphatic carbocycles. The maximum Gasteiger partial charge on any atom is 0.309 e. The number of ether oxygens (including phenoxy) is 1. The van der Waals surface area contributed by atoms with Crippen LogP contribution in [0.15, 0.2) is 12.2 Å². The Labute approximate surface area is 72.6 Å². The molecule has 0 bridgehead atoms. The van der Waals surface area contributed by atoms with E-state index in [-0.39, 0.29) is 11.9 Å². The minimum atomic E-state index is 0.0243. The average molecular weight is 166 g/mol. The molecular weight excluding hydrogens is 152 g/mol. The second-order valence-electron chi connectivity index (χ2n) is 3.55. The molecule has 0 aromatic carbocycles. The molecule has 2 aliphatic rings. The molecule has 12 heavy (non-hydrogen) atoms. The molecule has 1 saturated carbocycles. The maximum atomic E-state index is 11.3. The summed E-state index contributed by atoms with van der Waals surface area (Å²) in [5, 5.41) is 0. The van der Waals surface area contributed by atoms with Crippen molar-refractivity contribution in [2.45, 2.75) is 19.8 Å². The van der Waals surface area contributed by atoms with Gasteiger partial charge in [0, 0.05) is 0 Å². The fourth-order valence-corrected chi connectivity index (χ4v) is 2.18. The van der Waals surface area contributed by atoms with Crippen molar-refractivity contribution in [2.75, 3.05) is 6.61 Å². The number of fused-ring (bicyclic) bond motifs is 1. The van der Waals surface area contributed by atoms with Crippen LogP contribution in [0.2, 0.25) is 0 Å². The number of allylic oxidation sites excluding steroid dienone is 2. The van der Waals surface area contributed by atoms with Crippen molar-refractivity contribution in [1.29, 1.82) is 0 Å². The lowest BCUT2D eigenvalue weighted by atomic mass is 10.1. The molecule has 2 rings (SSSR count). The number of carbonyl (C=O) groups is 1. The molecule has 2 nitrogen and oxygen atoms in total. The van der Waals surface area contributed by atoms with Gasteiger partial charge in [-0.05, 0) is 31.6 Å². The van der Waals surface area contributed by atoms with E-state index >= 15 is 0 Å². The summed E-state index contributed by atoms with van der Waals surface area (Å²) in [6.07, 6.45) is 6.52. The van der Waals surface area contributed by atoms with E-state index in [9.17, 15) is 4.79 Å². The average Bonchev–Trinajstić information content (AvgIpc) is 2.78. The quantitative estimate of drug-likeness (QED) is 0.461. The summed E-state index contributed by atoms with van der Waals surface area (Å²) in [5.41, 5.74) is 0. The molecule has 0 spiro atoms. The first-order valence-corrected chi connectivity index (χ1v) is 4.66. The lowest BCUT2D eigenvalue weighted by Gasteiger charge is -1.98. The van der Waals surface area contributed by atoms with Gasteiger partial charge in [-0.25, -0.2) is 0 Å². The van der Waals surface area contributed by atoms with Crippen molar-refractivity contribution in [2.24, 2.45) is 17.8 Å². The highest BCUT2D eigenvalue weighted by molar-refractivity contribution is 5.76.